The smallest absolute Gasteiger partial charge is 0.180 e. The number of H-pyrrole nitrogens is 1. The van der Waals surface area contributed by atoms with Gasteiger partial charge in [-0.1, -0.05) is 6.07 Å². The summed E-state index contributed by atoms with van der Waals surface area (Å²) in [6.45, 7) is 3.15. The number of hydrogen-bond acceptors (Lipinski definition) is 7. The molecule has 33 heavy (non-hydrogen) atoms. The van der Waals surface area contributed by atoms with E-state index in [4.69, 9.17) is 14.5 Å². The van der Waals surface area contributed by atoms with Gasteiger partial charge in [0.2, 0.25) is 0 Å². The van der Waals surface area contributed by atoms with E-state index >= 15 is 0 Å². The summed E-state index contributed by atoms with van der Waals surface area (Å²) in [4.78, 5) is 19.1. The summed E-state index contributed by atoms with van der Waals surface area (Å²) in [5.74, 6) is 1.48. The lowest BCUT2D eigenvalue weighted by Crippen LogP contribution is -2.36. The van der Waals surface area contributed by atoms with E-state index in [1.165, 1.54) is 0 Å². The van der Waals surface area contributed by atoms with Crippen molar-refractivity contribution < 1.29 is 9.47 Å². The Kier molecular flexibility index (Phi) is 4.80. The quantitative estimate of drug-likeness (QED) is 0.428. The van der Waals surface area contributed by atoms with Crippen LogP contribution in [0.2, 0.25) is 0 Å². The summed E-state index contributed by atoms with van der Waals surface area (Å²) >= 11 is 0. The molecule has 166 valence electrons. The van der Waals surface area contributed by atoms with Crippen molar-refractivity contribution in [1.29, 1.82) is 0 Å². The first-order valence-electron chi connectivity index (χ1n) is 10.8. The van der Waals surface area contributed by atoms with Crippen LogP contribution in [0, 0.1) is 0 Å². The highest BCUT2D eigenvalue weighted by Gasteiger charge is 2.17. The van der Waals surface area contributed by atoms with Crippen LogP contribution in [0.3, 0.4) is 0 Å². The van der Waals surface area contributed by atoms with E-state index in [1.807, 2.05) is 41.1 Å². The molecule has 2 N–H and O–H groups in total. The van der Waals surface area contributed by atoms with Crippen molar-refractivity contribution in [2.24, 2.45) is 0 Å². The van der Waals surface area contributed by atoms with Gasteiger partial charge >= 0.3 is 0 Å². The van der Waals surface area contributed by atoms with Gasteiger partial charge in [0.05, 0.1) is 49.1 Å². The number of imidazole rings is 2. The number of benzene rings is 2. The highest BCUT2D eigenvalue weighted by Crippen LogP contribution is 2.33. The van der Waals surface area contributed by atoms with Crippen LogP contribution >= 0.6 is 0 Å². The van der Waals surface area contributed by atoms with E-state index in [9.17, 15) is 0 Å². The highest BCUT2D eigenvalue weighted by atomic mass is 16.5. The standard InChI is InChI=1S/C24H23N7O2/c1-32-22-13-17(3-5-21(22)30-8-10-33-11-9-30)28-23-24-25-6-7-31(24)14-20(29-23)16-2-4-18-19(12-16)27-15-26-18/h2-7,12-15H,8-11H2,1H3,(H,26,27)(H,28,29). The number of methoxy groups -OCH3 is 1. The number of ether oxygens (including phenoxy) is 2. The summed E-state index contributed by atoms with van der Waals surface area (Å²) in [5.41, 5.74) is 6.40. The number of nitrogens with one attached hydrogen (secondary N) is 2. The molecular formula is C24H23N7O2. The first-order valence-corrected chi connectivity index (χ1v) is 10.8. The fourth-order valence-corrected chi connectivity index (χ4v) is 4.21. The van der Waals surface area contributed by atoms with E-state index in [-0.39, 0.29) is 0 Å². The first kappa shape index (κ1) is 19.6. The molecule has 0 spiro atoms. The van der Waals surface area contributed by atoms with E-state index < -0.39 is 0 Å². The van der Waals surface area contributed by atoms with Crippen molar-refractivity contribution >= 4 is 33.9 Å². The summed E-state index contributed by atoms with van der Waals surface area (Å²) in [6, 6.07) is 12.2. The van der Waals surface area contributed by atoms with Crippen LogP contribution < -0.4 is 15.0 Å². The molecule has 0 amide bonds. The molecule has 4 heterocycles. The van der Waals surface area contributed by atoms with Crippen molar-refractivity contribution in [2.45, 2.75) is 0 Å². The van der Waals surface area contributed by atoms with E-state index in [0.717, 1.165) is 71.4 Å². The van der Waals surface area contributed by atoms with Gasteiger partial charge in [0, 0.05) is 49.0 Å². The molecule has 1 saturated heterocycles. The molecular weight excluding hydrogens is 418 g/mol. The Labute approximate surface area is 190 Å². The second kappa shape index (κ2) is 8.10. The molecule has 9 heteroatoms. The minimum Gasteiger partial charge on any atom is -0.495 e. The molecule has 1 aliphatic heterocycles. The summed E-state index contributed by atoms with van der Waals surface area (Å²) in [6.07, 6.45) is 7.36. The third-order valence-electron chi connectivity index (χ3n) is 5.88. The molecule has 0 unspecified atom stereocenters. The van der Waals surface area contributed by atoms with Crippen LogP contribution in [0.15, 0.2) is 61.3 Å². The van der Waals surface area contributed by atoms with Gasteiger partial charge in [0.25, 0.3) is 0 Å². The van der Waals surface area contributed by atoms with Crippen LogP contribution in [0.5, 0.6) is 5.75 Å². The molecule has 0 radical (unpaired) electrons. The molecule has 0 saturated carbocycles. The second-order valence-corrected chi connectivity index (χ2v) is 7.88. The Balaban J connectivity index is 1.37. The van der Waals surface area contributed by atoms with Crippen LogP contribution in [0.1, 0.15) is 0 Å². The lowest BCUT2D eigenvalue weighted by Gasteiger charge is -2.30. The normalized spacial score (nSPS) is 14.2. The summed E-state index contributed by atoms with van der Waals surface area (Å²) < 4.78 is 13.2. The van der Waals surface area contributed by atoms with Crippen molar-refractivity contribution in [1.82, 2.24) is 24.3 Å². The fourth-order valence-electron chi connectivity index (χ4n) is 4.21. The van der Waals surface area contributed by atoms with Gasteiger partial charge in [0.15, 0.2) is 11.5 Å². The lowest BCUT2D eigenvalue weighted by atomic mass is 10.1. The maximum Gasteiger partial charge on any atom is 0.180 e. The Morgan fingerprint density at radius 1 is 1.09 bits per heavy atom. The Morgan fingerprint density at radius 2 is 2.00 bits per heavy atom. The number of rotatable bonds is 5. The molecule has 1 fully saturated rings. The molecule has 6 rings (SSSR count). The molecule has 3 aromatic heterocycles. The Morgan fingerprint density at radius 3 is 2.88 bits per heavy atom. The van der Waals surface area contributed by atoms with Crippen LogP contribution in [0.25, 0.3) is 27.9 Å². The second-order valence-electron chi connectivity index (χ2n) is 7.88. The average Bonchev–Trinajstić information content (AvgIpc) is 3.53. The van der Waals surface area contributed by atoms with Gasteiger partial charge in [-0.25, -0.2) is 15.0 Å². The summed E-state index contributed by atoms with van der Waals surface area (Å²) in [5, 5.41) is 3.44. The third-order valence-corrected chi connectivity index (χ3v) is 5.88. The van der Waals surface area contributed by atoms with Gasteiger partial charge in [-0.2, -0.15) is 0 Å². The zero-order chi connectivity index (χ0) is 22.2. The van der Waals surface area contributed by atoms with E-state index in [0.29, 0.717) is 5.82 Å². The first-order chi connectivity index (χ1) is 16.3. The largest absolute Gasteiger partial charge is 0.495 e. The molecule has 2 aromatic carbocycles. The van der Waals surface area contributed by atoms with Crippen LogP contribution in [-0.4, -0.2) is 57.7 Å². The fraction of sp³-hybridized carbons (Fsp3) is 0.208. The molecule has 9 nitrogen and oxygen atoms in total. The third kappa shape index (κ3) is 3.62. The minimum atomic E-state index is 0.670. The van der Waals surface area contributed by atoms with Crippen molar-refractivity contribution in [3.63, 3.8) is 0 Å². The van der Waals surface area contributed by atoms with Crippen LogP contribution in [-0.2, 0) is 4.74 Å². The topological polar surface area (TPSA) is 92.6 Å². The van der Waals surface area contributed by atoms with E-state index in [2.05, 4.69) is 37.3 Å². The SMILES string of the molecule is COc1cc(Nc2nc(-c3ccc4nc[nH]c4c3)cn3ccnc23)ccc1N1CCOCC1. The van der Waals surface area contributed by atoms with Crippen molar-refractivity contribution in [2.75, 3.05) is 43.6 Å². The average molecular weight is 441 g/mol. The monoisotopic (exact) mass is 441 g/mol. The molecule has 0 bridgehead atoms. The number of morpholine rings is 1. The van der Waals surface area contributed by atoms with E-state index in [1.54, 1.807) is 19.6 Å². The maximum absolute atomic E-state index is 5.70. The van der Waals surface area contributed by atoms with Gasteiger partial charge in [0.1, 0.15) is 5.75 Å². The predicted molar refractivity (Wildman–Crippen MR) is 127 cm³/mol. The predicted octanol–water partition coefficient (Wildman–Crippen LogP) is 3.86. The molecule has 1 aliphatic rings. The van der Waals surface area contributed by atoms with Crippen molar-refractivity contribution in [3.8, 4) is 17.0 Å². The molecule has 5 aromatic rings. The number of aromatic amines is 1. The van der Waals surface area contributed by atoms with Crippen LogP contribution in [0.4, 0.5) is 17.2 Å². The van der Waals surface area contributed by atoms with Crippen molar-refractivity contribution in [3.05, 3.63) is 61.3 Å². The number of aromatic nitrogens is 5. The molecule has 0 atom stereocenters. The Bertz CT molecular complexity index is 1440. The number of nitrogens with zero attached hydrogens (tertiary/aromatic N) is 5. The van der Waals surface area contributed by atoms with Gasteiger partial charge in [-0.15, -0.1) is 0 Å². The van der Waals surface area contributed by atoms with Gasteiger partial charge < -0.3 is 29.1 Å². The van der Waals surface area contributed by atoms with Gasteiger partial charge in [-0.05, 0) is 24.3 Å². The zero-order valence-electron chi connectivity index (χ0n) is 18.2. The zero-order valence-corrected chi connectivity index (χ0v) is 18.2. The number of anilines is 3. The van der Waals surface area contributed by atoms with Gasteiger partial charge in [-0.3, -0.25) is 0 Å². The summed E-state index contributed by atoms with van der Waals surface area (Å²) in [7, 11) is 1.69. The molecule has 0 aliphatic carbocycles. The lowest BCUT2D eigenvalue weighted by molar-refractivity contribution is 0.122. The highest BCUT2D eigenvalue weighted by molar-refractivity contribution is 5.82. The Hall–Kier alpha value is -4.11. The maximum atomic E-state index is 5.70. The number of fused-ring (bicyclic) bond motifs is 2. The minimum absolute atomic E-state index is 0.670. The number of hydrogen-bond donors (Lipinski definition) is 2.